The van der Waals surface area contributed by atoms with E-state index in [4.69, 9.17) is 5.11 Å². The highest BCUT2D eigenvalue weighted by molar-refractivity contribution is 5.97. The predicted molar refractivity (Wildman–Crippen MR) is 82.2 cm³/mol. The van der Waals surface area contributed by atoms with E-state index >= 15 is 0 Å². The molecule has 21 heavy (non-hydrogen) atoms. The van der Waals surface area contributed by atoms with E-state index in [2.05, 4.69) is 12.2 Å². The summed E-state index contributed by atoms with van der Waals surface area (Å²) in [5.74, 6) is -1.07. The molecule has 1 aromatic rings. The van der Waals surface area contributed by atoms with Crippen molar-refractivity contribution in [2.75, 3.05) is 0 Å². The molecule has 0 atom stereocenters. The molecule has 112 valence electrons. The van der Waals surface area contributed by atoms with Crippen LogP contribution >= 0.6 is 0 Å². The maximum atomic E-state index is 12.5. The van der Waals surface area contributed by atoms with Crippen molar-refractivity contribution in [1.29, 1.82) is 0 Å². The molecule has 1 saturated carbocycles. The average molecular weight is 287 g/mol. The molecule has 1 aliphatic rings. The van der Waals surface area contributed by atoms with Crippen LogP contribution in [0, 0.1) is 6.92 Å². The second-order valence-electron chi connectivity index (χ2n) is 5.63. The van der Waals surface area contributed by atoms with Gasteiger partial charge in [-0.25, -0.2) is 4.79 Å². The number of carboxylic acid groups (broad SMARTS) is 1. The van der Waals surface area contributed by atoms with Crippen LogP contribution in [0.5, 0.6) is 0 Å². The summed E-state index contributed by atoms with van der Waals surface area (Å²) in [4.78, 5) is 23.1. The zero-order chi connectivity index (χ0) is 15.5. The van der Waals surface area contributed by atoms with E-state index in [1.54, 1.807) is 12.1 Å². The Morgan fingerprint density at radius 2 is 2.10 bits per heavy atom. The van der Waals surface area contributed by atoms with E-state index in [1.807, 2.05) is 13.0 Å². The smallest absolute Gasteiger partial charge is 0.328 e. The summed E-state index contributed by atoms with van der Waals surface area (Å²) in [5, 5.41) is 11.9. The Kier molecular flexibility index (Phi) is 4.46. The predicted octanol–water partition coefficient (Wildman–Crippen LogP) is 3.16. The maximum absolute atomic E-state index is 12.5. The molecule has 0 aromatic heterocycles. The Hall–Kier alpha value is -2.10. The molecule has 0 heterocycles. The second-order valence-corrected chi connectivity index (χ2v) is 5.63. The van der Waals surface area contributed by atoms with Crippen molar-refractivity contribution in [2.45, 2.75) is 45.1 Å². The summed E-state index contributed by atoms with van der Waals surface area (Å²) in [6, 6.07) is 5.37. The van der Waals surface area contributed by atoms with Gasteiger partial charge in [0.2, 0.25) is 0 Å². The van der Waals surface area contributed by atoms with Gasteiger partial charge in [0.1, 0.15) is 0 Å². The summed E-state index contributed by atoms with van der Waals surface area (Å²) in [6.07, 6.45) is 6.78. The zero-order valence-electron chi connectivity index (χ0n) is 12.5. The van der Waals surface area contributed by atoms with Gasteiger partial charge in [-0.15, -0.1) is 0 Å². The SMILES string of the molecule is CCC1(NC(=O)c2cccc(/C=C/C(=O)O)c2C)CCC1. The lowest BCUT2D eigenvalue weighted by Gasteiger charge is -2.42. The number of amides is 1. The average Bonchev–Trinajstić information content (AvgIpc) is 2.41. The summed E-state index contributed by atoms with van der Waals surface area (Å²) >= 11 is 0. The van der Waals surface area contributed by atoms with E-state index < -0.39 is 5.97 Å². The van der Waals surface area contributed by atoms with Crippen molar-refractivity contribution in [3.63, 3.8) is 0 Å². The Balaban J connectivity index is 2.21. The van der Waals surface area contributed by atoms with E-state index in [0.29, 0.717) is 5.56 Å². The topological polar surface area (TPSA) is 66.4 Å². The van der Waals surface area contributed by atoms with E-state index in [9.17, 15) is 9.59 Å². The van der Waals surface area contributed by atoms with Gasteiger partial charge in [0.25, 0.3) is 5.91 Å². The molecule has 1 fully saturated rings. The molecule has 0 unspecified atom stereocenters. The summed E-state index contributed by atoms with van der Waals surface area (Å²) < 4.78 is 0. The van der Waals surface area contributed by atoms with Crippen LogP contribution < -0.4 is 5.32 Å². The van der Waals surface area contributed by atoms with Crippen molar-refractivity contribution in [3.05, 3.63) is 41.0 Å². The van der Waals surface area contributed by atoms with Crippen LogP contribution in [0.15, 0.2) is 24.3 Å². The molecule has 1 amide bonds. The van der Waals surface area contributed by atoms with E-state index in [-0.39, 0.29) is 11.4 Å². The third-order valence-electron chi connectivity index (χ3n) is 4.39. The molecule has 0 radical (unpaired) electrons. The van der Waals surface area contributed by atoms with Gasteiger partial charge >= 0.3 is 5.97 Å². The van der Waals surface area contributed by atoms with Crippen LogP contribution in [-0.4, -0.2) is 22.5 Å². The fourth-order valence-electron chi connectivity index (χ4n) is 2.72. The number of rotatable bonds is 5. The first-order valence-electron chi connectivity index (χ1n) is 7.30. The van der Waals surface area contributed by atoms with Gasteiger partial charge in [-0.3, -0.25) is 4.79 Å². The van der Waals surface area contributed by atoms with Gasteiger partial charge in [-0.05, 0) is 55.9 Å². The maximum Gasteiger partial charge on any atom is 0.328 e. The third kappa shape index (κ3) is 3.32. The number of aliphatic carboxylic acids is 1. The summed E-state index contributed by atoms with van der Waals surface area (Å²) in [6.45, 7) is 3.94. The highest BCUT2D eigenvalue weighted by atomic mass is 16.4. The van der Waals surface area contributed by atoms with Crippen LogP contribution in [0.2, 0.25) is 0 Å². The minimum atomic E-state index is -0.997. The quantitative estimate of drug-likeness (QED) is 0.817. The van der Waals surface area contributed by atoms with Crippen molar-refractivity contribution in [1.82, 2.24) is 5.32 Å². The van der Waals surface area contributed by atoms with Crippen LogP contribution in [-0.2, 0) is 4.79 Å². The molecule has 4 heteroatoms. The van der Waals surface area contributed by atoms with Gasteiger partial charge in [0, 0.05) is 17.2 Å². The molecule has 0 saturated heterocycles. The fraction of sp³-hybridized carbons (Fsp3) is 0.412. The third-order valence-corrected chi connectivity index (χ3v) is 4.39. The van der Waals surface area contributed by atoms with Crippen molar-refractivity contribution in [3.8, 4) is 0 Å². The minimum absolute atomic E-state index is 0.0452. The lowest BCUT2D eigenvalue weighted by atomic mass is 9.74. The second kappa shape index (κ2) is 6.12. The van der Waals surface area contributed by atoms with Gasteiger partial charge in [0.15, 0.2) is 0 Å². The number of hydrogen-bond acceptors (Lipinski definition) is 2. The first-order chi connectivity index (χ1) is 9.97. The van der Waals surface area contributed by atoms with Crippen LogP contribution in [0.25, 0.3) is 6.08 Å². The van der Waals surface area contributed by atoms with Gasteiger partial charge in [-0.2, -0.15) is 0 Å². The largest absolute Gasteiger partial charge is 0.478 e. The molecule has 0 bridgehead atoms. The molecule has 2 N–H and O–H groups in total. The van der Waals surface area contributed by atoms with Crippen LogP contribution in [0.1, 0.15) is 54.1 Å². The Morgan fingerprint density at radius 3 is 2.62 bits per heavy atom. The Morgan fingerprint density at radius 1 is 1.38 bits per heavy atom. The van der Waals surface area contributed by atoms with E-state index in [0.717, 1.165) is 42.9 Å². The van der Waals surface area contributed by atoms with Crippen molar-refractivity contribution >= 4 is 18.0 Å². The molecular formula is C17H21NO3. The van der Waals surface area contributed by atoms with Gasteiger partial charge < -0.3 is 10.4 Å². The number of nitrogens with one attached hydrogen (secondary N) is 1. The minimum Gasteiger partial charge on any atom is -0.478 e. The molecule has 0 aliphatic heterocycles. The fourth-order valence-corrected chi connectivity index (χ4v) is 2.72. The normalized spacial score (nSPS) is 16.5. The number of carbonyl (C=O) groups is 2. The Labute approximate surface area is 124 Å². The first-order valence-corrected chi connectivity index (χ1v) is 7.30. The summed E-state index contributed by atoms with van der Waals surface area (Å²) in [7, 11) is 0. The molecular weight excluding hydrogens is 266 g/mol. The number of benzene rings is 1. The zero-order valence-corrected chi connectivity index (χ0v) is 12.5. The molecule has 2 rings (SSSR count). The number of hydrogen-bond donors (Lipinski definition) is 2. The van der Waals surface area contributed by atoms with Crippen molar-refractivity contribution in [2.24, 2.45) is 0 Å². The monoisotopic (exact) mass is 287 g/mol. The van der Waals surface area contributed by atoms with Crippen LogP contribution in [0.3, 0.4) is 0 Å². The van der Waals surface area contributed by atoms with Gasteiger partial charge in [-0.1, -0.05) is 19.1 Å². The lowest BCUT2D eigenvalue weighted by Crippen LogP contribution is -2.53. The Bertz CT molecular complexity index is 580. The number of carbonyl (C=O) groups excluding carboxylic acids is 1. The molecule has 1 aliphatic carbocycles. The van der Waals surface area contributed by atoms with Gasteiger partial charge in [0.05, 0.1) is 0 Å². The van der Waals surface area contributed by atoms with Crippen molar-refractivity contribution < 1.29 is 14.7 Å². The number of carboxylic acids is 1. The standard InChI is InChI=1S/C17H21NO3/c1-3-17(10-5-11-17)18-16(21)14-7-4-6-13(12(14)2)8-9-15(19)20/h4,6-9H,3,5,10-11H2,1-2H3,(H,18,21)(H,19,20)/b9-8+. The molecule has 4 nitrogen and oxygen atoms in total. The molecule has 0 spiro atoms. The highest BCUT2D eigenvalue weighted by Crippen LogP contribution is 2.35. The molecule has 1 aromatic carbocycles. The van der Waals surface area contributed by atoms with Crippen LogP contribution in [0.4, 0.5) is 0 Å². The first kappa shape index (κ1) is 15.3. The highest BCUT2D eigenvalue weighted by Gasteiger charge is 2.36. The lowest BCUT2D eigenvalue weighted by molar-refractivity contribution is -0.131. The summed E-state index contributed by atoms with van der Waals surface area (Å²) in [5.41, 5.74) is 2.13. The van der Waals surface area contributed by atoms with E-state index in [1.165, 1.54) is 6.08 Å².